The lowest BCUT2D eigenvalue weighted by Crippen LogP contribution is -2.30. The first-order valence-corrected chi connectivity index (χ1v) is 23.6. The first-order chi connectivity index (χ1) is 29.5. The molecular formula is C54H84O6. The average molecular weight is 829 g/mol. The highest BCUT2D eigenvalue weighted by Crippen LogP contribution is 2.12. The summed E-state index contributed by atoms with van der Waals surface area (Å²) < 4.78 is 16.6. The summed E-state index contributed by atoms with van der Waals surface area (Å²) in [6, 6.07) is 0. The SMILES string of the molecule is CC\C=C/C=C\C=C/C=C\C=C/CCCC(=O)OCC(COC(=O)CCCCCCCC/C=C\C=C/CCCCC)OC(=O)CCCCCC/C=C\C/C=C\C/C=C\CC. The van der Waals surface area contributed by atoms with E-state index in [1.54, 1.807) is 0 Å². The molecule has 0 aliphatic rings. The van der Waals surface area contributed by atoms with Gasteiger partial charge in [0.1, 0.15) is 13.2 Å². The Bertz CT molecular complexity index is 1320. The number of carbonyl (C=O) groups excluding carboxylic acids is 3. The van der Waals surface area contributed by atoms with E-state index in [0.29, 0.717) is 12.8 Å². The van der Waals surface area contributed by atoms with Crippen molar-refractivity contribution in [1.29, 1.82) is 0 Å². The number of esters is 3. The molecule has 0 aromatic carbocycles. The zero-order valence-electron chi connectivity index (χ0n) is 38.2. The maximum atomic E-state index is 12.7. The van der Waals surface area contributed by atoms with Crippen LogP contribution in [0.3, 0.4) is 0 Å². The fourth-order valence-corrected chi connectivity index (χ4v) is 5.83. The molecule has 0 amide bonds. The third kappa shape index (κ3) is 44.9. The highest BCUT2D eigenvalue weighted by atomic mass is 16.6. The zero-order chi connectivity index (χ0) is 43.7. The van der Waals surface area contributed by atoms with E-state index in [0.717, 1.165) is 96.3 Å². The van der Waals surface area contributed by atoms with Crippen molar-refractivity contribution in [3.63, 3.8) is 0 Å². The minimum Gasteiger partial charge on any atom is -0.462 e. The van der Waals surface area contributed by atoms with Gasteiger partial charge in [-0.2, -0.15) is 0 Å². The molecule has 0 radical (unpaired) electrons. The molecule has 0 aliphatic heterocycles. The average Bonchev–Trinajstić information content (AvgIpc) is 3.24. The van der Waals surface area contributed by atoms with Gasteiger partial charge in [0.05, 0.1) is 0 Å². The van der Waals surface area contributed by atoms with Gasteiger partial charge in [0.2, 0.25) is 0 Å². The Kier molecular flexibility index (Phi) is 44.2. The Labute approximate surface area is 367 Å². The normalized spacial score (nSPS) is 13.2. The molecule has 0 aliphatic carbocycles. The van der Waals surface area contributed by atoms with Gasteiger partial charge >= 0.3 is 17.9 Å². The summed E-state index contributed by atoms with van der Waals surface area (Å²) >= 11 is 0. The van der Waals surface area contributed by atoms with Crippen molar-refractivity contribution in [3.05, 3.63) is 122 Å². The lowest BCUT2D eigenvalue weighted by atomic mass is 10.1. The lowest BCUT2D eigenvalue weighted by molar-refractivity contribution is -0.167. The van der Waals surface area contributed by atoms with Crippen molar-refractivity contribution < 1.29 is 28.6 Å². The smallest absolute Gasteiger partial charge is 0.306 e. The Morgan fingerprint density at radius 1 is 0.367 bits per heavy atom. The minimum atomic E-state index is -0.826. The molecule has 0 bridgehead atoms. The predicted octanol–water partition coefficient (Wildman–Crippen LogP) is 15.4. The van der Waals surface area contributed by atoms with Gasteiger partial charge in [-0.25, -0.2) is 0 Å². The summed E-state index contributed by atoms with van der Waals surface area (Å²) in [5.41, 5.74) is 0. The van der Waals surface area contributed by atoms with Gasteiger partial charge in [-0.15, -0.1) is 0 Å². The number of allylic oxidation sites excluding steroid dienone is 20. The molecule has 336 valence electrons. The molecule has 0 spiro atoms. The number of carbonyl (C=O) groups is 3. The molecular weight excluding hydrogens is 745 g/mol. The first-order valence-electron chi connectivity index (χ1n) is 23.6. The number of rotatable bonds is 40. The van der Waals surface area contributed by atoms with Gasteiger partial charge < -0.3 is 14.2 Å². The van der Waals surface area contributed by atoms with Gasteiger partial charge in [0.15, 0.2) is 6.10 Å². The second-order valence-electron chi connectivity index (χ2n) is 15.0. The van der Waals surface area contributed by atoms with Gasteiger partial charge in [0, 0.05) is 19.3 Å². The van der Waals surface area contributed by atoms with E-state index < -0.39 is 6.10 Å². The summed E-state index contributed by atoms with van der Waals surface area (Å²) in [7, 11) is 0. The van der Waals surface area contributed by atoms with Gasteiger partial charge in [0.25, 0.3) is 0 Å². The minimum absolute atomic E-state index is 0.120. The maximum absolute atomic E-state index is 12.7. The van der Waals surface area contributed by atoms with Crippen LogP contribution >= 0.6 is 0 Å². The van der Waals surface area contributed by atoms with Crippen LogP contribution in [0.25, 0.3) is 0 Å². The first kappa shape index (κ1) is 55.8. The standard InChI is InChI=1S/C54H84O6/c1-4-7-10-13-16-19-22-25-27-30-32-35-38-41-44-47-53(56)59-50-51(49-58-52(55)46-43-40-37-34-31-28-24-21-18-15-12-9-6-3)60-54(57)48-45-42-39-36-33-29-26-23-20-17-14-11-8-5-2/h8-9,11-12,15-22,24-26,28-29,31,34,37,51H,4-7,10,13-14,23,27,30,32-33,35-36,38-50H2,1-3H3/b11-8-,12-9-,18-15-,19-16-,20-17-,24-21-,25-22-,29-26-,31-28-,37-34-. The van der Waals surface area contributed by atoms with E-state index in [2.05, 4.69) is 87.6 Å². The van der Waals surface area contributed by atoms with E-state index in [-0.39, 0.29) is 44.0 Å². The van der Waals surface area contributed by atoms with Crippen molar-refractivity contribution >= 4 is 17.9 Å². The topological polar surface area (TPSA) is 78.9 Å². The monoisotopic (exact) mass is 829 g/mol. The van der Waals surface area contributed by atoms with Crippen LogP contribution in [0.2, 0.25) is 0 Å². The quantitative estimate of drug-likeness (QED) is 0.0201. The van der Waals surface area contributed by atoms with Crippen LogP contribution in [0.5, 0.6) is 0 Å². The summed E-state index contributed by atoms with van der Waals surface area (Å²) in [6.45, 7) is 6.22. The molecule has 0 fully saturated rings. The van der Waals surface area contributed by atoms with Crippen molar-refractivity contribution in [2.75, 3.05) is 13.2 Å². The molecule has 0 saturated carbocycles. The van der Waals surface area contributed by atoms with Crippen LogP contribution in [0.15, 0.2) is 122 Å². The molecule has 0 rings (SSSR count). The summed E-state index contributed by atoms with van der Waals surface area (Å²) in [6.07, 6.45) is 64.7. The zero-order valence-corrected chi connectivity index (χ0v) is 38.2. The van der Waals surface area contributed by atoms with E-state index in [9.17, 15) is 14.4 Å². The van der Waals surface area contributed by atoms with Crippen molar-refractivity contribution in [1.82, 2.24) is 0 Å². The van der Waals surface area contributed by atoms with Crippen LogP contribution in [0, 0.1) is 0 Å². The van der Waals surface area contributed by atoms with Crippen molar-refractivity contribution in [2.45, 2.75) is 187 Å². The lowest BCUT2D eigenvalue weighted by Gasteiger charge is -2.18. The highest BCUT2D eigenvalue weighted by Gasteiger charge is 2.19. The van der Waals surface area contributed by atoms with Crippen LogP contribution < -0.4 is 0 Å². The Balaban J connectivity index is 4.57. The van der Waals surface area contributed by atoms with E-state index in [1.807, 2.05) is 54.7 Å². The molecule has 1 unspecified atom stereocenters. The molecule has 0 N–H and O–H groups in total. The summed E-state index contributed by atoms with van der Waals surface area (Å²) in [5, 5.41) is 0. The van der Waals surface area contributed by atoms with E-state index >= 15 is 0 Å². The molecule has 0 heterocycles. The van der Waals surface area contributed by atoms with Crippen LogP contribution in [0.1, 0.15) is 181 Å². The fourth-order valence-electron chi connectivity index (χ4n) is 5.83. The predicted molar refractivity (Wildman–Crippen MR) is 256 cm³/mol. The third-order valence-corrected chi connectivity index (χ3v) is 9.34. The largest absolute Gasteiger partial charge is 0.462 e. The summed E-state index contributed by atoms with van der Waals surface area (Å²) in [5.74, 6) is -1.04. The number of hydrogen-bond donors (Lipinski definition) is 0. The molecule has 0 saturated heterocycles. The molecule has 6 nitrogen and oxygen atoms in total. The molecule has 0 aromatic heterocycles. The molecule has 6 heteroatoms. The van der Waals surface area contributed by atoms with Gasteiger partial charge in [-0.1, -0.05) is 194 Å². The van der Waals surface area contributed by atoms with Crippen molar-refractivity contribution in [2.24, 2.45) is 0 Å². The maximum Gasteiger partial charge on any atom is 0.306 e. The number of hydrogen-bond acceptors (Lipinski definition) is 6. The second kappa shape index (κ2) is 47.5. The second-order valence-corrected chi connectivity index (χ2v) is 15.0. The fraction of sp³-hybridized carbons (Fsp3) is 0.574. The van der Waals surface area contributed by atoms with E-state index in [1.165, 1.54) is 38.5 Å². The highest BCUT2D eigenvalue weighted by molar-refractivity contribution is 5.71. The van der Waals surface area contributed by atoms with Crippen molar-refractivity contribution in [3.8, 4) is 0 Å². The Hall–Kier alpha value is -4.19. The van der Waals surface area contributed by atoms with Gasteiger partial charge in [-0.3, -0.25) is 14.4 Å². The number of unbranched alkanes of at least 4 members (excludes halogenated alkanes) is 14. The van der Waals surface area contributed by atoms with Crippen LogP contribution in [-0.4, -0.2) is 37.2 Å². The summed E-state index contributed by atoms with van der Waals surface area (Å²) in [4.78, 5) is 37.8. The number of ether oxygens (including phenoxy) is 3. The molecule has 1 atom stereocenters. The van der Waals surface area contributed by atoms with Gasteiger partial charge in [-0.05, 0) is 89.9 Å². The van der Waals surface area contributed by atoms with E-state index in [4.69, 9.17) is 14.2 Å². The van der Waals surface area contributed by atoms with Crippen LogP contribution in [-0.2, 0) is 28.6 Å². The third-order valence-electron chi connectivity index (χ3n) is 9.34. The van der Waals surface area contributed by atoms with Crippen LogP contribution in [0.4, 0.5) is 0 Å². The molecule has 60 heavy (non-hydrogen) atoms. The Morgan fingerprint density at radius 3 is 1.30 bits per heavy atom. The Morgan fingerprint density at radius 2 is 0.750 bits per heavy atom. The molecule has 0 aromatic rings.